The van der Waals surface area contributed by atoms with E-state index in [4.69, 9.17) is 5.73 Å². The Labute approximate surface area is 71.6 Å². The number of carbonyl (C=O) groups is 1. The van der Waals surface area contributed by atoms with Crippen molar-refractivity contribution in [2.45, 2.75) is 12.8 Å². The smallest absolute Gasteiger partial charge is 0.164 e. The van der Waals surface area contributed by atoms with E-state index in [0.29, 0.717) is 18.5 Å². The van der Waals surface area contributed by atoms with E-state index in [0.717, 1.165) is 6.42 Å². The Kier molecular flexibility index (Phi) is 3.41. The zero-order valence-electron chi connectivity index (χ0n) is 6.86. The predicted octanol–water partition coefficient (Wildman–Crippen LogP) is 1.00. The first-order chi connectivity index (χ1) is 5.84. The standard InChI is InChI=1S/C9H12N2O/c10-5-1-4-9(12)8-3-2-6-11-7-8/h2-3,6-7H,1,4-5,10H2. The van der Waals surface area contributed by atoms with Gasteiger partial charge in [0.2, 0.25) is 0 Å². The van der Waals surface area contributed by atoms with Crippen LogP contribution in [-0.4, -0.2) is 17.3 Å². The molecule has 0 bridgehead atoms. The lowest BCUT2D eigenvalue weighted by Gasteiger charge is -1.97. The Hall–Kier alpha value is -1.22. The van der Waals surface area contributed by atoms with Gasteiger partial charge in [0.05, 0.1) is 0 Å². The number of aromatic nitrogens is 1. The quantitative estimate of drug-likeness (QED) is 0.675. The van der Waals surface area contributed by atoms with E-state index in [2.05, 4.69) is 4.98 Å². The van der Waals surface area contributed by atoms with Crippen LogP contribution < -0.4 is 5.73 Å². The van der Waals surface area contributed by atoms with Gasteiger partial charge >= 0.3 is 0 Å². The van der Waals surface area contributed by atoms with Gasteiger partial charge in [-0.3, -0.25) is 9.78 Å². The number of ketones is 1. The molecule has 1 aromatic heterocycles. The molecule has 0 radical (unpaired) electrons. The Bertz CT molecular complexity index is 246. The number of pyridine rings is 1. The summed E-state index contributed by atoms with van der Waals surface area (Å²) in [5.41, 5.74) is 5.96. The van der Waals surface area contributed by atoms with Crippen LogP contribution >= 0.6 is 0 Å². The molecule has 0 aliphatic carbocycles. The summed E-state index contributed by atoms with van der Waals surface area (Å²) in [6.45, 7) is 0.562. The molecule has 0 aliphatic heterocycles. The molecule has 1 rings (SSSR count). The lowest BCUT2D eigenvalue weighted by Crippen LogP contribution is -2.04. The zero-order chi connectivity index (χ0) is 8.81. The molecule has 12 heavy (non-hydrogen) atoms. The Morgan fingerprint density at radius 3 is 3.00 bits per heavy atom. The average molecular weight is 164 g/mol. The summed E-state index contributed by atoms with van der Waals surface area (Å²) < 4.78 is 0. The van der Waals surface area contributed by atoms with Gasteiger partial charge in [-0.25, -0.2) is 0 Å². The summed E-state index contributed by atoms with van der Waals surface area (Å²) in [6, 6.07) is 3.53. The number of rotatable bonds is 4. The van der Waals surface area contributed by atoms with Crippen LogP contribution in [0.3, 0.4) is 0 Å². The highest BCUT2D eigenvalue weighted by Gasteiger charge is 2.03. The number of nitrogens with two attached hydrogens (primary N) is 1. The molecule has 2 N–H and O–H groups in total. The average Bonchev–Trinajstić information content (AvgIpc) is 2.15. The third-order valence-electron chi connectivity index (χ3n) is 1.59. The number of Topliss-reactive ketones (excluding diaryl/α,β-unsaturated/α-hetero) is 1. The summed E-state index contributed by atoms with van der Waals surface area (Å²) in [5, 5.41) is 0. The lowest BCUT2D eigenvalue weighted by atomic mass is 10.1. The van der Waals surface area contributed by atoms with E-state index in [1.807, 2.05) is 0 Å². The fourth-order valence-electron chi connectivity index (χ4n) is 0.935. The van der Waals surface area contributed by atoms with Crippen LogP contribution in [0.5, 0.6) is 0 Å². The summed E-state index contributed by atoms with van der Waals surface area (Å²) in [4.78, 5) is 15.2. The van der Waals surface area contributed by atoms with E-state index < -0.39 is 0 Å². The van der Waals surface area contributed by atoms with Crippen LogP contribution in [0.4, 0.5) is 0 Å². The molecule has 0 atom stereocenters. The van der Waals surface area contributed by atoms with Crippen molar-refractivity contribution >= 4 is 5.78 Å². The van der Waals surface area contributed by atoms with Crippen molar-refractivity contribution < 1.29 is 4.79 Å². The molecular formula is C9H12N2O. The van der Waals surface area contributed by atoms with Crippen molar-refractivity contribution in [3.8, 4) is 0 Å². The molecule has 1 heterocycles. The van der Waals surface area contributed by atoms with Crippen molar-refractivity contribution in [3.05, 3.63) is 30.1 Å². The van der Waals surface area contributed by atoms with E-state index in [1.54, 1.807) is 24.5 Å². The highest BCUT2D eigenvalue weighted by molar-refractivity contribution is 5.95. The van der Waals surface area contributed by atoms with Crippen molar-refractivity contribution in [3.63, 3.8) is 0 Å². The van der Waals surface area contributed by atoms with Gasteiger partial charge in [-0.1, -0.05) is 0 Å². The minimum Gasteiger partial charge on any atom is -0.330 e. The second-order valence-electron chi connectivity index (χ2n) is 2.56. The van der Waals surface area contributed by atoms with E-state index in [1.165, 1.54) is 0 Å². The van der Waals surface area contributed by atoms with Crippen LogP contribution in [-0.2, 0) is 0 Å². The van der Waals surface area contributed by atoms with Gasteiger partial charge in [-0.2, -0.15) is 0 Å². The SMILES string of the molecule is NCCCC(=O)c1cccnc1. The molecule has 0 spiro atoms. The van der Waals surface area contributed by atoms with Crippen LogP contribution in [0.15, 0.2) is 24.5 Å². The molecule has 3 heteroatoms. The van der Waals surface area contributed by atoms with Crippen LogP contribution in [0.2, 0.25) is 0 Å². The fourth-order valence-corrected chi connectivity index (χ4v) is 0.935. The van der Waals surface area contributed by atoms with Crippen molar-refractivity contribution in [2.24, 2.45) is 5.73 Å². The van der Waals surface area contributed by atoms with Gasteiger partial charge in [0, 0.05) is 24.4 Å². The van der Waals surface area contributed by atoms with Gasteiger partial charge in [0.15, 0.2) is 5.78 Å². The van der Waals surface area contributed by atoms with Crippen molar-refractivity contribution in [2.75, 3.05) is 6.54 Å². The van der Waals surface area contributed by atoms with Gasteiger partial charge in [-0.05, 0) is 25.1 Å². The van der Waals surface area contributed by atoms with E-state index in [9.17, 15) is 4.79 Å². The molecule has 3 nitrogen and oxygen atoms in total. The molecule has 0 fully saturated rings. The first kappa shape index (κ1) is 8.87. The maximum absolute atomic E-state index is 11.3. The molecule has 1 aromatic rings. The molecule has 0 saturated carbocycles. The zero-order valence-corrected chi connectivity index (χ0v) is 6.86. The largest absolute Gasteiger partial charge is 0.330 e. The normalized spacial score (nSPS) is 9.75. The van der Waals surface area contributed by atoms with Gasteiger partial charge in [-0.15, -0.1) is 0 Å². The predicted molar refractivity (Wildman–Crippen MR) is 46.9 cm³/mol. The maximum atomic E-state index is 11.3. The summed E-state index contributed by atoms with van der Waals surface area (Å²) in [5.74, 6) is 0.119. The highest BCUT2D eigenvalue weighted by atomic mass is 16.1. The van der Waals surface area contributed by atoms with Crippen molar-refractivity contribution in [1.82, 2.24) is 4.98 Å². The van der Waals surface area contributed by atoms with Gasteiger partial charge < -0.3 is 5.73 Å². The van der Waals surface area contributed by atoms with E-state index in [-0.39, 0.29) is 5.78 Å². The first-order valence-corrected chi connectivity index (χ1v) is 3.98. The maximum Gasteiger partial charge on any atom is 0.164 e. The topological polar surface area (TPSA) is 56.0 Å². The van der Waals surface area contributed by atoms with Crippen LogP contribution in [0, 0.1) is 0 Å². The second-order valence-corrected chi connectivity index (χ2v) is 2.56. The lowest BCUT2D eigenvalue weighted by molar-refractivity contribution is 0.0980. The molecular weight excluding hydrogens is 152 g/mol. The molecule has 0 unspecified atom stereocenters. The minimum absolute atomic E-state index is 0.119. The van der Waals surface area contributed by atoms with Gasteiger partial charge in [0.25, 0.3) is 0 Å². The number of nitrogens with zero attached hydrogens (tertiary/aromatic N) is 1. The summed E-state index contributed by atoms with van der Waals surface area (Å²) >= 11 is 0. The van der Waals surface area contributed by atoms with Crippen LogP contribution in [0.25, 0.3) is 0 Å². The fraction of sp³-hybridized carbons (Fsp3) is 0.333. The number of carbonyl (C=O) groups excluding carboxylic acids is 1. The van der Waals surface area contributed by atoms with Crippen molar-refractivity contribution in [1.29, 1.82) is 0 Å². The molecule has 0 amide bonds. The molecule has 0 aliphatic rings. The molecule has 0 aromatic carbocycles. The minimum atomic E-state index is 0.119. The number of hydrogen-bond acceptors (Lipinski definition) is 3. The monoisotopic (exact) mass is 164 g/mol. The first-order valence-electron chi connectivity index (χ1n) is 3.98. The van der Waals surface area contributed by atoms with Gasteiger partial charge in [0.1, 0.15) is 0 Å². The molecule has 64 valence electrons. The highest BCUT2D eigenvalue weighted by Crippen LogP contribution is 2.02. The Morgan fingerprint density at radius 1 is 1.58 bits per heavy atom. The number of hydrogen-bond donors (Lipinski definition) is 1. The third-order valence-corrected chi connectivity index (χ3v) is 1.59. The third kappa shape index (κ3) is 2.43. The molecule has 0 saturated heterocycles. The Balaban J connectivity index is 2.54. The van der Waals surface area contributed by atoms with Crippen LogP contribution in [0.1, 0.15) is 23.2 Å². The van der Waals surface area contributed by atoms with E-state index >= 15 is 0 Å². The Morgan fingerprint density at radius 2 is 2.42 bits per heavy atom. The summed E-state index contributed by atoms with van der Waals surface area (Å²) in [7, 11) is 0. The summed E-state index contributed by atoms with van der Waals surface area (Å²) in [6.07, 6.45) is 4.49. The second kappa shape index (κ2) is 4.62.